The van der Waals surface area contributed by atoms with Crippen LogP contribution < -0.4 is 4.74 Å². The molecule has 8 heteroatoms. The third-order valence-electron chi connectivity index (χ3n) is 7.27. The van der Waals surface area contributed by atoms with E-state index in [1.807, 2.05) is 19.1 Å². The summed E-state index contributed by atoms with van der Waals surface area (Å²) < 4.78 is 92.9. The average Bonchev–Trinajstić information content (AvgIpc) is 3.01. The first kappa shape index (κ1) is 31.1. The van der Waals surface area contributed by atoms with Gasteiger partial charge in [-0.1, -0.05) is 60.7 Å². The van der Waals surface area contributed by atoms with Crippen molar-refractivity contribution >= 4 is 0 Å². The average molecular weight is 614 g/mol. The predicted molar refractivity (Wildman–Crippen MR) is 161 cm³/mol. The number of benzene rings is 5. The van der Waals surface area contributed by atoms with E-state index in [1.165, 1.54) is 66.7 Å². The lowest BCUT2D eigenvalue weighted by molar-refractivity contribution is -0.185. The maximum absolute atomic E-state index is 15.2. The van der Waals surface area contributed by atoms with E-state index in [9.17, 15) is 22.0 Å². The Balaban J connectivity index is 1.30. The highest BCUT2D eigenvalue weighted by Crippen LogP contribution is 2.35. The second kappa shape index (κ2) is 13.1. The maximum Gasteiger partial charge on any atom is 0.426 e. The summed E-state index contributed by atoms with van der Waals surface area (Å²) in [6, 6.07) is 22.9. The fraction of sp³-hybridized carbons (Fsp3) is 0.108. The molecule has 0 N–H and O–H groups in total. The summed E-state index contributed by atoms with van der Waals surface area (Å²) in [6.07, 6.45) is 1.94. The summed E-state index contributed by atoms with van der Waals surface area (Å²) in [6.45, 7) is 1.92. The fourth-order valence-corrected chi connectivity index (χ4v) is 4.89. The molecule has 0 unspecified atom stereocenters. The van der Waals surface area contributed by atoms with Crippen LogP contribution >= 0.6 is 0 Å². The molecule has 0 amide bonds. The fourth-order valence-electron chi connectivity index (χ4n) is 4.89. The number of nitriles is 1. The Bertz CT molecular complexity index is 1890. The lowest BCUT2D eigenvalue weighted by Crippen LogP contribution is -2.21. The molecule has 45 heavy (non-hydrogen) atoms. The first-order chi connectivity index (χ1) is 21.6. The molecule has 0 aliphatic rings. The molecular formula is C37H25F6NO. The van der Waals surface area contributed by atoms with Gasteiger partial charge in [0.1, 0.15) is 40.7 Å². The normalized spacial score (nSPS) is 11.5. The zero-order chi connectivity index (χ0) is 32.1. The highest BCUT2D eigenvalue weighted by atomic mass is 19.3. The molecule has 0 radical (unpaired) electrons. The topological polar surface area (TPSA) is 33.0 Å². The van der Waals surface area contributed by atoms with Gasteiger partial charge in [0.2, 0.25) is 0 Å². The van der Waals surface area contributed by atoms with Crippen molar-refractivity contribution in [1.29, 1.82) is 5.26 Å². The number of rotatable bonds is 9. The number of hydrogen-bond donors (Lipinski definition) is 0. The molecule has 0 bridgehead atoms. The Morgan fingerprint density at radius 2 is 1.20 bits per heavy atom. The third kappa shape index (κ3) is 6.94. The van der Waals surface area contributed by atoms with Crippen LogP contribution in [0.5, 0.6) is 5.75 Å². The Kier molecular flexibility index (Phi) is 9.10. The van der Waals surface area contributed by atoms with Crippen LogP contribution in [0.2, 0.25) is 0 Å². The van der Waals surface area contributed by atoms with Crippen LogP contribution in [0.25, 0.3) is 33.4 Å². The van der Waals surface area contributed by atoms with Crippen molar-refractivity contribution in [3.63, 3.8) is 0 Å². The first-order valence-electron chi connectivity index (χ1n) is 14.0. The van der Waals surface area contributed by atoms with E-state index in [1.54, 1.807) is 18.2 Å². The van der Waals surface area contributed by atoms with Gasteiger partial charge >= 0.3 is 6.11 Å². The summed E-state index contributed by atoms with van der Waals surface area (Å²) >= 11 is 0. The van der Waals surface area contributed by atoms with Crippen molar-refractivity contribution < 1.29 is 31.1 Å². The van der Waals surface area contributed by atoms with Gasteiger partial charge in [-0.15, -0.1) is 0 Å². The van der Waals surface area contributed by atoms with Gasteiger partial charge in [0, 0.05) is 11.1 Å². The van der Waals surface area contributed by atoms with Crippen molar-refractivity contribution in [2.75, 3.05) is 0 Å². The molecule has 0 fully saturated rings. The van der Waals surface area contributed by atoms with Gasteiger partial charge in [0.15, 0.2) is 0 Å². The number of halogens is 6. The Labute approximate surface area is 256 Å². The zero-order valence-electron chi connectivity index (χ0n) is 23.9. The molecule has 0 aliphatic heterocycles. The zero-order valence-corrected chi connectivity index (χ0v) is 23.9. The lowest BCUT2D eigenvalue weighted by atomic mass is 9.96. The van der Waals surface area contributed by atoms with E-state index in [0.29, 0.717) is 11.1 Å². The largest absolute Gasteiger partial charge is 0.429 e. The van der Waals surface area contributed by atoms with Gasteiger partial charge < -0.3 is 4.74 Å². The second-order valence-electron chi connectivity index (χ2n) is 10.3. The highest BCUT2D eigenvalue weighted by Gasteiger charge is 2.34. The van der Waals surface area contributed by atoms with E-state index in [2.05, 4.69) is 0 Å². The molecule has 0 aromatic heterocycles. The summed E-state index contributed by atoms with van der Waals surface area (Å²) in [7, 11) is 0. The molecule has 0 saturated heterocycles. The van der Waals surface area contributed by atoms with Crippen molar-refractivity contribution in [1.82, 2.24) is 0 Å². The predicted octanol–water partition coefficient (Wildman–Crippen LogP) is 10.8. The molecule has 0 heterocycles. The van der Waals surface area contributed by atoms with E-state index in [4.69, 9.17) is 10.00 Å². The first-order valence-corrected chi connectivity index (χ1v) is 14.0. The minimum Gasteiger partial charge on any atom is -0.429 e. The van der Waals surface area contributed by atoms with E-state index in [-0.39, 0.29) is 33.6 Å². The number of ether oxygens (including phenoxy) is 1. The van der Waals surface area contributed by atoms with Crippen LogP contribution in [-0.4, -0.2) is 0 Å². The molecule has 0 saturated carbocycles. The Morgan fingerprint density at radius 3 is 1.78 bits per heavy atom. The van der Waals surface area contributed by atoms with E-state index in [0.717, 1.165) is 36.6 Å². The molecule has 0 atom stereocenters. The third-order valence-corrected chi connectivity index (χ3v) is 7.27. The van der Waals surface area contributed by atoms with Crippen molar-refractivity contribution in [3.05, 3.63) is 149 Å². The van der Waals surface area contributed by atoms with Gasteiger partial charge in [-0.05, 0) is 96.1 Å². The number of allylic oxidation sites excluding steroid dienone is 2. The van der Waals surface area contributed by atoms with Crippen LogP contribution in [0.4, 0.5) is 26.3 Å². The molecule has 5 aromatic rings. The smallest absolute Gasteiger partial charge is 0.426 e. The summed E-state index contributed by atoms with van der Waals surface area (Å²) in [4.78, 5) is 0. The second-order valence-corrected chi connectivity index (χ2v) is 10.3. The van der Waals surface area contributed by atoms with Gasteiger partial charge in [-0.2, -0.15) is 14.0 Å². The maximum atomic E-state index is 15.2. The molecule has 5 rings (SSSR count). The number of hydrogen-bond acceptors (Lipinski definition) is 2. The van der Waals surface area contributed by atoms with Crippen LogP contribution in [0.15, 0.2) is 109 Å². The van der Waals surface area contributed by atoms with Crippen molar-refractivity contribution in [3.8, 4) is 45.2 Å². The Morgan fingerprint density at radius 1 is 0.667 bits per heavy atom. The molecule has 226 valence electrons. The molecule has 5 aromatic carbocycles. The monoisotopic (exact) mass is 613 g/mol. The van der Waals surface area contributed by atoms with Crippen LogP contribution in [0, 0.1) is 34.6 Å². The van der Waals surface area contributed by atoms with Gasteiger partial charge in [-0.3, -0.25) is 0 Å². The summed E-state index contributed by atoms with van der Waals surface area (Å²) in [5.41, 5.74) is 0.909. The van der Waals surface area contributed by atoms with Gasteiger partial charge in [0.05, 0.1) is 5.56 Å². The van der Waals surface area contributed by atoms with Crippen LogP contribution in [0.3, 0.4) is 0 Å². The van der Waals surface area contributed by atoms with Crippen molar-refractivity contribution in [2.45, 2.75) is 25.9 Å². The van der Waals surface area contributed by atoms with E-state index >= 15 is 4.39 Å². The number of nitrogens with zero attached hydrogens (tertiary/aromatic N) is 1. The van der Waals surface area contributed by atoms with Gasteiger partial charge in [-0.25, -0.2) is 17.6 Å². The van der Waals surface area contributed by atoms with Crippen LogP contribution in [-0.2, 0) is 12.5 Å². The van der Waals surface area contributed by atoms with E-state index < -0.39 is 34.9 Å². The van der Waals surface area contributed by atoms with Crippen molar-refractivity contribution in [2.24, 2.45) is 0 Å². The standard InChI is InChI=1S/C37H25F6NO/c1-2-3-4-5-23-6-12-28(13-7-23)37(42,43)45-29-14-8-24(9-15-29)25-10-16-30(33(38)18-25)26-11-17-31(34(39)19-26)27-20-35(40)32(22-44)36(41)21-27/h2-3,6-21H,4-5H2,1H3. The Hall–Kier alpha value is -5.29. The summed E-state index contributed by atoms with van der Waals surface area (Å²) in [5.74, 6) is -3.82. The van der Waals surface area contributed by atoms with Crippen LogP contribution in [0.1, 0.15) is 30.0 Å². The SMILES string of the molecule is CC=CCCc1ccc(C(F)(F)Oc2ccc(-c3ccc(-c4ccc(-c5cc(F)c(C#N)c(F)c5)c(F)c4)c(F)c3)cc2)cc1. The molecular weight excluding hydrogens is 588 g/mol. The minimum atomic E-state index is -3.57. The molecule has 2 nitrogen and oxygen atoms in total. The van der Waals surface area contributed by atoms with Gasteiger partial charge in [0.25, 0.3) is 0 Å². The molecule has 0 aliphatic carbocycles. The molecule has 0 spiro atoms. The number of alkyl halides is 2. The minimum absolute atomic E-state index is 0.0735. The quantitative estimate of drug-likeness (QED) is 0.122. The summed E-state index contributed by atoms with van der Waals surface area (Å²) in [5, 5.41) is 8.85. The highest BCUT2D eigenvalue weighted by molar-refractivity contribution is 5.74. The lowest BCUT2D eigenvalue weighted by Gasteiger charge is -2.19. The number of aryl methyl sites for hydroxylation is 1.